The smallest absolute Gasteiger partial charge is 0.416 e. The SMILES string of the molecule is C#CCNC(C)(C(=O)OCC)c1cccc(C(F)(F)F)c1. The summed E-state index contributed by atoms with van der Waals surface area (Å²) in [4.78, 5) is 12.1. The lowest BCUT2D eigenvalue weighted by atomic mass is 9.90. The Morgan fingerprint density at radius 1 is 1.38 bits per heavy atom. The highest BCUT2D eigenvalue weighted by Crippen LogP contribution is 2.32. The Morgan fingerprint density at radius 3 is 2.52 bits per heavy atom. The monoisotopic (exact) mass is 299 g/mol. The minimum absolute atomic E-state index is 0.0194. The second-order valence-corrected chi connectivity index (χ2v) is 4.48. The number of carbonyl (C=O) groups excluding carboxylic acids is 1. The Balaban J connectivity index is 3.27. The van der Waals surface area contributed by atoms with Crippen molar-refractivity contribution < 1.29 is 22.7 Å². The van der Waals surface area contributed by atoms with Crippen LogP contribution in [0.15, 0.2) is 24.3 Å². The van der Waals surface area contributed by atoms with Crippen LogP contribution < -0.4 is 5.32 Å². The van der Waals surface area contributed by atoms with Crippen molar-refractivity contribution in [2.75, 3.05) is 13.2 Å². The summed E-state index contributed by atoms with van der Waals surface area (Å²) in [7, 11) is 0. The molecule has 0 aromatic heterocycles. The first kappa shape index (κ1) is 17.1. The summed E-state index contributed by atoms with van der Waals surface area (Å²) >= 11 is 0. The van der Waals surface area contributed by atoms with Gasteiger partial charge in [-0.1, -0.05) is 18.1 Å². The zero-order valence-electron chi connectivity index (χ0n) is 11.8. The summed E-state index contributed by atoms with van der Waals surface area (Å²) < 4.78 is 43.3. The van der Waals surface area contributed by atoms with E-state index in [9.17, 15) is 18.0 Å². The molecule has 0 aliphatic rings. The first-order chi connectivity index (χ1) is 9.75. The number of ether oxygens (including phenoxy) is 1. The van der Waals surface area contributed by atoms with Crippen LogP contribution in [-0.4, -0.2) is 19.1 Å². The Morgan fingerprint density at radius 2 is 2.00 bits per heavy atom. The molecule has 0 saturated carbocycles. The molecule has 1 aromatic carbocycles. The van der Waals surface area contributed by atoms with E-state index in [2.05, 4.69) is 11.2 Å². The molecule has 114 valence electrons. The van der Waals surface area contributed by atoms with Gasteiger partial charge in [-0.3, -0.25) is 5.32 Å². The van der Waals surface area contributed by atoms with E-state index >= 15 is 0 Å². The summed E-state index contributed by atoms with van der Waals surface area (Å²) in [6, 6.07) is 4.53. The third-order valence-electron chi connectivity index (χ3n) is 2.99. The molecule has 0 bridgehead atoms. The zero-order chi connectivity index (χ0) is 16.1. The molecule has 1 atom stereocenters. The average Bonchev–Trinajstić information content (AvgIpc) is 2.44. The maximum atomic E-state index is 12.8. The fourth-order valence-corrected chi connectivity index (χ4v) is 1.80. The summed E-state index contributed by atoms with van der Waals surface area (Å²) in [5, 5.41) is 2.75. The Labute approximate surface area is 121 Å². The van der Waals surface area contributed by atoms with E-state index in [1.165, 1.54) is 19.1 Å². The van der Waals surface area contributed by atoms with Crippen molar-refractivity contribution in [1.82, 2.24) is 5.32 Å². The first-order valence-electron chi connectivity index (χ1n) is 6.29. The lowest BCUT2D eigenvalue weighted by Crippen LogP contribution is -2.48. The molecule has 0 amide bonds. The topological polar surface area (TPSA) is 38.3 Å². The number of nitrogens with one attached hydrogen (secondary N) is 1. The van der Waals surface area contributed by atoms with E-state index < -0.39 is 23.2 Å². The molecule has 0 radical (unpaired) electrons. The lowest BCUT2D eigenvalue weighted by molar-refractivity contribution is -0.151. The number of esters is 1. The van der Waals surface area contributed by atoms with Gasteiger partial charge in [0.15, 0.2) is 0 Å². The number of rotatable bonds is 5. The molecule has 6 heteroatoms. The average molecular weight is 299 g/mol. The van der Waals surface area contributed by atoms with Crippen molar-refractivity contribution in [3.05, 3.63) is 35.4 Å². The highest BCUT2D eigenvalue weighted by Gasteiger charge is 2.38. The minimum Gasteiger partial charge on any atom is -0.464 e. The van der Waals surface area contributed by atoms with Crippen LogP contribution in [0.25, 0.3) is 0 Å². The number of alkyl halides is 3. The van der Waals surface area contributed by atoms with Crippen molar-refractivity contribution in [2.45, 2.75) is 25.6 Å². The Hall–Kier alpha value is -2.00. The van der Waals surface area contributed by atoms with Crippen LogP contribution in [0.4, 0.5) is 13.2 Å². The van der Waals surface area contributed by atoms with Crippen LogP contribution in [0.5, 0.6) is 0 Å². The predicted molar refractivity (Wildman–Crippen MR) is 72.3 cm³/mol. The number of hydrogen-bond acceptors (Lipinski definition) is 3. The van der Waals surface area contributed by atoms with Gasteiger partial charge in [-0.2, -0.15) is 13.2 Å². The normalized spacial score (nSPS) is 14.1. The van der Waals surface area contributed by atoms with E-state index in [-0.39, 0.29) is 18.7 Å². The molecule has 21 heavy (non-hydrogen) atoms. The van der Waals surface area contributed by atoms with Gasteiger partial charge in [-0.15, -0.1) is 6.42 Å². The van der Waals surface area contributed by atoms with Gasteiger partial charge >= 0.3 is 12.1 Å². The van der Waals surface area contributed by atoms with E-state index in [1.807, 2.05) is 0 Å². The van der Waals surface area contributed by atoms with Crippen LogP contribution in [0, 0.1) is 12.3 Å². The van der Waals surface area contributed by atoms with Crippen LogP contribution in [0.1, 0.15) is 25.0 Å². The molecule has 0 heterocycles. The highest BCUT2D eigenvalue weighted by atomic mass is 19.4. The highest BCUT2D eigenvalue weighted by molar-refractivity contribution is 5.82. The number of terminal acetylenes is 1. The van der Waals surface area contributed by atoms with Gasteiger partial charge in [-0.05, 0) is 31.5 Å². The van der Waals surface area contributed by atoms with Gasteiger partial charge in [0.2, 0.25) is 0 Å². The van der Waals surface area contributed by atoms with Gasteiger partial charge in [0.25, 0.3) is 0 Å². The Kier molecular flexibility index (Phi) is 5.39. The Bertz CT molecular complexity index is 549. The largest absolute Gasteiger partial charge is 0.464 e. The molecule has 1 rings (SSSR count). The van der Waals surface area contributed by atoms with Gasteiger partial charge in [0.1, 0.15) is 5.54 Å². The summed E-state index contributed by atoms with van der Waals surface area (Å²) in [6.07, 6.45) is 0.654. The molecular weight excluding hydrogens is 283 g/mol. The van der Waals surface area contributed by atoms with E-state index in [4.69, 9.17) is 11.2 Å². The van der Waals surface area contributed by atoms with Gasteiger partial charge in [0, 0.05) is 0 Å². The molecule has 1 N–H and O–H groups in total. The van der Waals surface area contributed by atoms with Crippen LogP contribution >= 0.6 is 0 Å². The van der Waals surface area contributed by atoms with Crippen LogP contribution in [0.2, 0.25) is 0 Å². The third kappa shape index (κ3) is 3.99. The maximum absolute atomic E-state index is 12.8. The van der Waals surface area contributed by atoms with Gasteiger partial charge < -0.3 is 4.74 Å². The first-order valence-corrected chi connectivity index (χ1v) is 6.29. The number of benzene rings is 1. The van der Waals surface area contributed by atoms with E-state index in [0.717, 1.165) is 12.1 Å². The second-order valence-electron chi connectivity index (χ2n) is 4.48. The maximum Gasteiger partial charge on any atom is 0.416 e. The third-order valence-corrected chi connectivity index (χ3v) is 2.99. The van der Waals surface area contributed by atoms with Crippen molar-refractivity contribution in [3.63, 3.8) is 0 Å². The molecule has 0 fully saturated rings. The van der Waals surface area contributed by atoms with Crippen molar-refractivity contribution >= 4 is 5.97 Å². The second kappa shape index (κ2) is 6.64. The van der Waals surface area contributed by atoms with Crippen LogP contribution in [-0.2, 0) is 21.2 Å². The van der Waals surface area contributed by atoms with E-state index in [1.54, 1.807) is 6.92 Å². The molecule has 1 unspecified atom stereocenters. The molecule has 1 aromatic rings. The molecule has 3 nitrogen and oxygen atoms in total. The molecule has 0 saturated heterocycles. The molecule has 0 aliphatic carbocycles. The van der Waals surface area contributed by atoms with E-state index in [0.29, 0.717) is 0 Å². The molecule has 0 spiro atoms. The fraction of sp³-hybridized carbons (Fsp3) is 0.400. The van der Waals surface area contributed by atoms with Crippen molar-refractivity contribution in [2.24, 2.45) is 0 Å². The van der Waals surface area contributed by atoms with Gasteiger partial charge in [-0.25, -0.2) is 4.79 Å². The molecule has 0 aliphatic heterocycles. The summed E-state index contributed by atoms with van der Waals surface area (Å²) in [6.45, 7) is 3.19. The van der Waals surface area contributed by atoms with Crippen molar-refractivity contribution in [3.8, 4) is 12.3 Å². The standard InChI is InChI=1S/C15H16F3NO2/c1-4-9-19-14(3,13(20)21-5-2)11-7-6-8-12(10-11)15(16,17)18/h1,6-8,10,19H,5,9H2,2-3H3. The summed E-state index contributed by atoms with van der Waals surface area (Å²) in [5.41, 5.74) is -2.13. The summed E-state index contributed by atoms with van der Waals surface area (Å²) in [5.74, 6) is 1.61. The lowest BCUT2D eigenvalue weighted by Gasteiger charge is -2.28. The fourth-order valence-electron chi connectivity index (χ4n) is 1.80. The number of halogens is 3. The molecular formula is C15H16F3NO2. The minimum atomic E-state index is -4.49. The van der Waals surface area contributed by atoms with Crippen molar-refractivity contribution in [1.29, 1.82) is 0 Å². The number of carbonyl (C=O) groups is 1. The number of hydrogen-bond donors (Lipinski definition) is 1. The zero-order valence-corrected chi connectivity index (χ0v) is 11.8. The predicted octanol–water partition coefficient (Wildman–Crippen LogP) is 2.71. The van der Waals surface area contributed by atoms with Gasteiger partial charge in [0.05, 0.1) is 18.7 Å². The quantitative estimate of drug-likeness (QED) is 0.671. The van der Waals surface area contributed by atoms with Crippen LogP contribution in [0.3, 0.4) is 0 Å².